The van der Waals surface area contributed by atoms with Gasteiger partial charge >= 0.3 is 0 Å². The van der Waals surface area contributed by atoms with E-state index in [0.717, 1.165) is 99.1 Å². The predicted octanol–water partition coefficient (Wildman–Crippen LogP) is 5.02. The molecule has 0 saturated carbocycles. The molecule has 200 valence electrons. The number of hydrogen-bond acceptors (Lipinski definition) is 7. The molecule has 4 rings (SSSR count). The minimum absolute atomic E-state index is 0.0454. The SMILES string of the molecule is CCN(c1ncc(C)cc1CCl)C1CCOCC1.CCN(c1ncc(C)cc1CO)C1CCOCC1. The second kappa shape index (κ2) is 14.7. The van der Waals surface area contributed by atoms with Gasteiger partial charge in [-0.15, -0.1) is 11.6 Å². The molecule has 2 aliphatic heterocycles. The van der Waals surface area contributed by atoms with Crippen LogP contribution in [0.5, 0.6) is 0 Å². The van der Waals surface area contributed by atoms with E-state index in [2.05, 4.69) is 46.6 Å². The Morgan fingerprint density at radius 1 is 0.806 bits per heavy atom. The number of aromatic nitrogens is 2. The highest BCUT2D eigenvalue weighted by Crippen LogP contribution is 2.27. The smallest absolute Gasteiger partial charge is 0.134 e. The molecule has 2 saturated heterocycles. The van der Waals surface area contributed by atoms with Gasteiger partial charge in [-0.1, -0.05) is 0 Å². The fraction of sp³-hybridized carbons (Fsp3) is 0.643. The van der Waals surface area contributed by atoms with Crippen molar-refractivity contribution in [2.24, 2.45) is 0 Å². The molecule has 2 aliphatic rings. The van der Waals surface area contributed by atoms with E-state index in [-0.39, 0.29) is 6.61 Å². The Morgan fingerprint density at radius 3 is 1.61 bits per heavy atom. The molecule has 36 heavy (non-hydrogen) atoms. The zero-order chi connectivity index (χ0) is 25.9. The highest BCUT2D eigenvalue weighted by Gasteiger charge is 2.24. The Hall–Kier alpha value is -1.93. The van der Waals surface area contributed by atoms with Gasteiger partial charge < -0.3 is 24.4 Å². The standard InChI is InChI=1S/C14H21ClN2O.C14H22N2O2/c1-3-17(13-4-6-18-7-5-13)14-12(9-15)8-11(2)10-16-14;1-3-16(13-4-6-18-7-5-13)14-12(10-17)8-11(2)9-15-14/h8,10,13H,3-7,9H2,1-2H3;8-9,13,17H,3-7,10H2,1-2H3. The van der Waals surface area contributed by atoms with Crippen LogP contribution in [0.4, 0.5) is 11.6 Å². The summed E-state index contributed by atoms with van der Waals surface area (Å²) in [5, 5.41) is 9.49. The highest BCUT2D eigenvalue weighted by atomic mass is 35.5. The number of halogens is 1. The Balaban J connectivity index is 0.000000201. The quantitative estimate of drug-likeness (QED) is 0.492. The number of anilines is 2. The number of rotatable bonds is 8. The summed E-state index contributed by atoms with van der Waals surface area (Å²) in [5.41, 5.74) is 4.30. The number of aliphatic hydroxyl groups excluding tert-OH is 1. The minimum Gasteiger partial charge on any atom is -0.392 e. The van der Waals surface area contributed by atoms with Crippen LogP contribution < -0.4 is 9.80 Å². The number of ether oxygens (including phenoxy) is 2. The first kappa shape index (κ1) is 28.6. The van der Waals surface area contributed by atoms with Crippen LogP contribution in [0.3, 0.4) is 0 Å². The van der Waals surface area contributed by atoms with Crippen molar-refractivity contribution in [2.45, 2.75) is 77.9 Å². The first-order chi connectivity index (χ1) is 17.5. The van der Waals surface area contributed by atoms with Crippen LogP contribution in [0.2, 0.25) is 0 Å². The average Bonchev–Trinajstić information content (AvgIpc) is 2.92. The lowest BCUT2D eigenvalue weighted by Gasteiger charge is -2.35. The first-order valence-electron chi connectivity index (χ1n) is 13.3. The molecular weight excluding hydrogens is 476 g/mol. The molecule has 0 aromatic carbocycles. The molecule has 0 aliphatic carbocycles. The van der Waals surface area contributed by atoms with Crippen LogP contribution in [0.15, 0.2) is 24.5 Å². The fourth-order valence-electron chi connectivity index (χ4n) is 5.13. The van der Waals surface area contributed by atoms with Gasteiger partial charge in [-0.25, -0.2) is 9.97 Å². The number of nitrogens with zero attached hydrogens (tertiary/aromatic N) is 4. The molecule has 8 heteroatoms. The lowest BCUT2D eigenvalue weighted by molar-refractivity contribution is 0.0843. The normalized spacial score (nSPS) is 16.8. The second-order valence-electron chi connectivity index (χ2n) is 9.54. The molecule has 1 N–H and O–H groups in total. The molecular formula is C28H43ClN4O3. The summed E-state index contributed by atoms with van der Waals surface area (Å²) in [7, 11) is 0. The Kier molecular flexibility index (Phi) is 11.7. The Labute approximate surface area is 221 Å². The third-order valence-electron chi connectivity index (χ3n) is 6.96. The Bertz CT molecular complexity index is 858. The third-order valence-corrected chi connectivity index (χ3v) is 7.25. The summed E-state index contributed by atoms with van der Waals surface area (Å²) >= 11 is 6.05. The van der Waals surface area contributed by atoms with E-state index in [0.29, 0.717) is 18.0 Å². The van der Waals surface area contributed by atoms with E-state index in [9.17, 15) is 5.11 Å². The van der Waals surface area contributed by atoms with Gasteiger partial charge in [0.1, 0.15) is 11.6 Å². The second-order valence-corrected chi connectivity index (χ2v) is 9.81. The van der Waals surface area contributed by atoms with Crippen LogP contribution in [0.25, 0.3) is 0 Å². The average molecular weight is 519 g/mol. The maximum absolute atomic E-state index is 9.49. The molecule has 0 amide bonds. The number of aliphatic hydroxyl groups is 1. The van der Waals surface area contributed by atoms with Crippen LogP contribution >= 0.6 is 11.6 Å². The van der Waals surface area contributed by atoms with Crippen LogP contribution in [-0.2, 0) is 22.0 Å². The van der Waals surface area contributed by atoms with Gasteiger partial charge in [0.2, 0.25) is 0 Å². The zero-order valence-electron chi connectivity index (χ0n) is 22.4. The molecule has 4 heterocycles. The predicted molar refractivity (Wildman–Crippen MR) is 147 cm³/mol. The van der Waals surface area contributed by atoms with Crippen molar-refractivity contribution in [1.29, 1.82) is 0 Å². The van der Waals surface area contributed by atoms with E-state index in [1.807, 2.05) is 25.4 Å². The maximum atomic E-state index is 9.49. The van der Waals surface area contributed by atoms with Gasteiger partial charge in [-0.2, -0.15) is 0 Å². The number of aryl methyl sites for hydroxylation is 2. The van der Waals surface area contributed by atoms with Gasteiger partial charge in [-0.05, 0) is 76.6 Å². The monoisotopic (exact) mass is 518 g/mol. The largest absolute Gasteiger partial charge is 0.392 e. The van der Waals surface area contributed by atoms with Crippen molar-refractivity contribution in [3.8, 4) is 0 Å². The lowest BCUT2D eigenvalue weighted by Crippen LogP contribution is -2.40. The van der Waals surface area contributed by atoms with Gasteiger partial charge in [-0.3, -0.25) is 0 Å². The summed E-state index contributed by atoms with van der Waals surface area (Å²) in [4.78, 5) is 13.8. The summed E-state index contributed by atoms with van der Waals surface area (Å²) in [6, 6.07) is 5.16. The molecule has 0 atom stereocenters. The van der Waals surface area contributed by atoms with Crippen LogP contribution in [0, 0.1) is 13.8 Å². The van der Waals surface area contributed by atoms with Crippen LogP contribution in [-0.4, -0.2) is 66.7 Å². The molecule has 2 fully saturated rings. The molecule has 0 radical (unpaired) electrons. The lowest BCUT2D eigenvalue weighted by atomic mass is 10.1. The third kappa shape index (κ3) is 7.54. The van der Waals surface area contributed by atoms with Crippen molar-refractivity contribution in [3.63, 3.8) is 0 Å². The van der Waals surface area contributed by atoms with E-state index in [4.69, 9.17) is 21.1 Å². The van der Waals surface area contributed by atoms with Crippen molar-refractivity contribution in [2.75, 3.05) is 49.3 Å². The number of alkyl halides is 1. The topological polar surface area (TPSA) is 71.0 Å². The first-order valence-corrected chi connectivity index (χ1v) is 13.8. The Morgan fingerprint density at radius 2 is 1.22 bits per heavy atom. The van der Waals surface area contributed by atoms with E-state index in [1.165, 1.54) is 0 Å². The van der Waals surface area contributed by atoms with Crippen molar-refractivity contribution in [1.82, 2.24) is 9.97 Å². The van der Waals surface area contributed by atoms with Crippen molar-refractivity contribution >= 4 is 23.2 Å². The summed E-state index contributed by atoms with van der Waals surface area (Å²) in [5.74, 6) is 2.49. The number of pyridine rings is 2. The molecule has 0 unspecified atom stereocenters. The van der Waals surface area contributed by atoms with Gasteiger partial charge in [0.15, 0.2) is 0 Å². The highest BCUT2D eigenvalue weighted by molar-refractivity contribution is 6.17. The van der Waals surface area contributed by atoms with Gasteiger partial charge in [0.05, 0.1) is 12.5 Å². The van der Waals surface area contributed by atoms with Crippen molar-refractivity contribution in [3.05, 3.63) is 46.8 Å². The summed E-state index contributed by atoms with van der Waals surface area (Å²) in [6.45, 7) is 13.6. The van der Waals surface area contributed by atoms with Gasteiger partial charge in [0, 0.05) is 75.1 Å². The van der Waals surface area contributed by atoms with E-state index < -0.39 is 0 Å². The maximum Gasteiger partial charge on any atom is 0.134 e. The van der Waals surface area contributed by atoms with Crippen LogP contribution in [0.1, 0.15) is 61.8 Å². The van der Waals surface area contributed by atoms with E-state index in [1.54, 1.807) is 0 Å². The zero-order valence-corrected chi connectivity index (χ0v) is 23.1. The van der Waals surface area contributed by atoms with Crippen molar-refractivity contribution < 1.29 is 14.6 Å². The molecule has 0 spiro atoms. The fourth-order valence-corrected chi connectivity index (χ4v) is 5.33. The number of hydrogen-bond donors (Lipinski definition) is 1. The van der Waals surface area contributed by atoms with E-state index >= 15 is 0 Å². The molecule has 2 aromatic heterocycles. The van der Waals surface area contributed by atoms with Gasteiger partial charge in [0.25, 0.3) is 0 Å². The molecule has 7 nitrogen and oxygen atoms in total. The molecule has 2 aromatic rings. The minimum atomic E-state index is 0.0454. The summed E-state index contributed by atoms with van der Waals surface area (Å²) in [6.07, 6.45) is 8.02. The molecule has 0 bridgehead atoms. The summed E-state index contributed by atoms with van der Waals surface area (Å²) < 4.78 is 10.8.